The SMILES string of the molecule is NC(=O)CSc1nnc(NC(=O)CSCc2ccccc2)s1. The monoisotopic (exact) mass is 354 g/mol. The fraction of sp³-hybridized carbons (Fsp3) is 0.231. The van der Waals surface area contributed by atoms with Crippen molar-refractivity contribution in [3.05, 3.63) is 35.9 Å². The number of benzene rings is 1. The Labute approximate surface area is 140 Å². The van der Waals surface area contributed by atoms with E-state index in [4.69, 9.17) is 5.73 Å². The molecule has 0 aliphatic carbocycles. The number of rotatable bonds is 8. The summed E-state index contributed by atoms with van der Waals surface area (Å²) < 4.78 is 0.603. The van der Waals surface area contributed by atoms with E-state index in [-0.39, 0.29) is 11.7 Å². The van der Waals surface area contributed by atoms with Crippen molar-refractivity contribution in [2.45, 2.75) is 10.1 Å². The van der Waals surface area contributed by atoms with Gasteiger partial charge in [-0.25, -0.2) is 0 Å². The predicted molar refractivity (Wildman–Crippen MR) is 91.1 cm³/mol. The van der Waals surface area contributed by atoms with Gasteiger partial charge in [0, 0.05) is 5.75 Å². The third-order valence-electron chi connectivity index (χ3n) is 2.34. The molecule has 0 saturated heterocycles. The molecule has 1 aromatic heterocycles. The van der Waals surface area contributed by atoms with Gasteiger partial charge in [0.1, 0.15) is 0 Å². The van der Waals surface area contributed by atoms with Crippen LogP contribution in [0.2, 0.25) is 0 Å². The minimum Gasteiger partial charge on any atom is -0.369 e. The van der Waals surface area contributed by atoms with Crippen molar-refractivity contribution < 1.29 is 9.59 Å². The molecular weight excluding hydrogens is 340 g/mol. The van der Waals surface area contributed by atoms with Gasteiger partial charge < -0.3 is 5.73 Å². The van der Waals surface area contributed by atoms with Gasteiger partial charge in [-0.05, 0) is 5.56 Å². The normalized spacial score (nSPS) is 10.4. The quantitative estimate of drug-likeness (QED) is 0.556. The molecule has 0 saturated carbocycles. The fourth-order valence-electron chi connectivity index (χ4n) is 1.44. The summed E-state index contributed by atoms with van der Waals surface area (Å²) in [7, 11) is 0. The van der Waals surface area contributed by atoms with Crippen LogP contribution in [0.1, 0.15) is 5.56 Å². The number of hydrogen-bond acceptors (Lipinski definition) is 7. The molecule has 6 nitrogen and oxygen atoms in total. The number of thioether (sulfide) groups is 2. The van der Waals surface area contributed by atoms with Gasteiger partial charge >= 0.3 is 0 Å². The standard InChI is InChI=1S/C13H14N4O2S3/c14-10(18)7-21-13-17-16-12(22-13)15-11(19)8-20-6-9-4-2-1-3-5-9/h1-5H,6-8H2,(H2,14,18)(H,15,16,19). The lowest BCUT2D eigenvalue weighted by Gasteiger charge is -2.01. The van der Waals surface area contributed by atoms with Gasteiger partial charge in [0.15, 0.2) is 4.34 Å². The largest absolute Gasteiger partial charge is 0.369 e. The van der Waals surface area contributed by atoms with Crippen LogP contribution in [0.4, 0.5) is 5.13 Å². The molecule has 9 heteroatoms. The lowest BCUT2D eigenvalue weighted by Crippen LogP contribution is -2.13. The lowest BCUT2D eigenvalue weighted by atomic mass is 10.2. The van der Waals surface area contributed by atoms with Crippen LogP contribution in [-0.2, 0) is 15.3 Å². The van der Waals surface area contributed by atoms with Gasteiger partial charge in [-0.2, -0.15) is 0 Å². The van der Waals surface area contributed by atoms with E-state index in [0.29, 0.717) is 15.2 Å². The Morgan fingerprint density at radius 2 is 1.95 bits per heavy atom. The summed E-state index contributed by atoms with van der Waals surface area (Å²) in [5, 5.41) is 10.8. The zero-order chi connectivity index (χ0) is 15.8. The van der Waals surface area contributed by atoms with Crippen LogP contribution >= 0.6 is 34.9 Å². The molecule has 0 spiro atoms. The molecule has 0 radical (unpaired) electrons. The Bertz CT molecular complexity index is 633. The summed E-state index contributed by atoms with van der Waals surface area (Å²) in [5.41, 5.74) is 6.24. The number of anilines is 1. The fourth-order valence-corrected chi connectivity index (χ4v) is 3.74. The van der Waals surface area contributed by atoms with E-state index in [0.717, 1.165) is 5.75 Å². The maximum atomic E-state index is 11.8. The second kappa shape index (κ2) is 8.76. The molecule has 2 rings (SSSR count). The van der Waals surface area contributed by atoms with E-state index in [1.807, 2.05) is 30.3 Å². The molecule has 22 heavy (non-hydrogen) atoms. The van der Waals surface area contributed by atoms with Crippen molar-refractivity contribution in [1.82, 2.24) is 10.2 Å². The van der Waals surface area contributed by atoms with Crippen LogP contribution in [0.5, 0.6) is 0 Å². The second-order valence-electron chi connectivity index (χ2n) is 4.15. The van der Waals surface area contributed by atoms with Crippen LogP contribution in [0.15, 0.2) is 34.7 Å². The summed E-state index contributed by atoms with van der Waals surface area (Å²) in [6.45, 7) is 0. The number of aromatic nitrogens is 2. The molecule has 1 heterocycles. The van der Waals surface area contributed by atoms with Crippen LogP contribution in [0, 0.1) is 0 Å². The number of primary amides is 1. The van der Waals surface area contributed by atoms with E-state index in [1.165, 1.54) is 40.4 Å². The van der Waals surface area contributed by atoms with E-state index in [1.54, 1.807) is 0 Å². The first kappa shape index (κ1) is 16.8. The highest BCUT2D eigenvalue weighted by molar-refractivity contribution is 8.01. The van der Waals surface area contributed by atoms with Crippen molar-refractivity contribution in [3.8, 4) is 0 Å². The number of amides is 2. The van der Waals surface area contributed by atoms with Crippen molar-refractivity contribution in [3.63, 3.8) is 0 Å². The molecule has 0 fully saturated rings. The summed E-state index contributed by atoms with van der Waals surface area (Å²) in [5.74, 6) is 0.740. The van der Waals surface area contributed by atoms with Crippen molar-refractivity contribution >= 4 is 51.8 Å². The van der Waals surface area contributed by atoms with Gasteiger partial charge in [0.05, 0.1) is 11.5 Å². The zero-order valence-corrected chi connectivity index (χ0v) is 14.0. The first-order chi connectivity index (χ1) is 10.6. The van der Waals surface area contributed by atoms with E-state index >= 15 is 0 Å². The lowest BCUT2D eigenvalue weighted by molar-refractivity contribution is -0.115. The number of nitrogens with zero attached hydrogens (tertiary/aromatic N) is 2. The second-order valence-corrected chi connectivity index (χ2v) is 7.34. The number of carbonyl (C=O) groups is 2. The topological polar surface area (TPSA) is 98.0 Å². The average Bonchev–Trinajstić information content (AvgIpc) is 2.94. The van der Waals surface area contributed by atoms with Crippen LogP contribution in [-0.4, -0.2) is 33.5 Å². The van der Waals surface area contributed by atoms with E-state index < -0.39 is 5.91 Å². The van der Waals surface area contributed by atoms with E-state index in [2.05, 4.69) is 15.5 Å². The van der Waals surface area contributed by atoms with Crippen molar-refractivity contribution in [2.24, 2.45) is 5.73 Å². The minimum absolute atomic E-state index is 0.122. The maximum absolute atomic E-state index is 11.8. The zero-order valence-electron chi connectivity index (χ0n) is 11.5. The number of carbonyl (C=O) groups excluding carboxylic acids is 2. The van der Waals surface area contributed by atoms with Gasteiger partial charge in [0.25, 0.3) is 0 Å². The smallest absolute Gasteiger partial charge is 0.236 e. The molecule has 0 aliphatic rings. The summed E-state index contributed by atoms with van der Waals surface area (Å²) in [6.07, 6.45) is 0. The Morgan fingerprint density at radius 1 is 1.18 bits per heavy atom. The molecule has 2 amide bonds. The third-order valence-corrected chi connectivity index (χ3v) is 5.33. The van der Waals surface area contributed by atoms with Crippen LogP contribution in [0.25, 0.3) is 0 Å². The Balaban J connectivity index is 1.71. The molecule has 3 N–H and O–H groups in total. The molecule has 1 aromatic carbocycles. The summed E-state index contributed by atoms with van der Waals surface area (Å²) in [6, 6.07) is 9.96. The molecule has 0 bridgehead atoms. The van der Waals surface area contributed by atoms with E-state index in [9.17, 15) is 9.59 Å². The Hall–Kier alpha value is -1.58. The van der Waals surface area contributed by atoms with Gasteiger partial charge in [-0.1, -0.05) is 53.4 Å². The summed E-state index contributed by atoms with van der Waals surface area (Å²) >= 11 is 3.96. The highest BCUT2D eigenvalue weighted by atomic mass is 32.2. The highest BCUT2D eigenvalue weighted by Gasteiger charge is 2.09. The summed E-state index contributed by atoms with van der Waals surface area (Å²) in [4.78, 5) is 22.5. The highest BCUT2D eigenvalue weighted by Crippen LogP contribution is 2.25. The number of nitrogens with two attached hydrogens (primary N) is 1. The third kappa shape index (κ3) is 6.04. The maximum Gasteiger partial charge on any atom is 0.236 e. The van der Waals surface area contributed by atoms with Gasteiger partial charge in [-0.15, -0.1) is 22.0 Å². The number of nitrogens with one attached hydrogen (secondary N) is 1. The van der Waals surface area contributed by atoms with Crippen LogP contribution in [0.3, 0.4) is 0 Å². The Kier molecular flexibility index (Phi) is 6.69. The van der Waals surface area contributed by atoms with Crippen molar-refractivity contribution in [2.75, 3.05) is 16.8 Å². The molecule has 0 aliphatic heterocycles. The molecule has 0 unspecified atom stereocenters. The Morgan fingerprint density at radius 3 is 2.68 bits per heavy atom. The first-order valence-corrected chi connectivity index (χ1v) is 9.25. The van der Waals surface area contributed by atoms with Gasteiger partial charge in [0.2, 0.25) is 16.9 Å². The molecule has 0 atom stereocenters. The van der Waals surface area contributed by atoms with Crippen molar-refractivity contribution in [1.29, 1.82) is 0 Å². The molecule has 116 valence electrons. The molecule has 2 aromatic rings. The minimum atomic E-state index is -0.414. The molecular formula is C13H14N4O2S3. The first-order valence-electron chi connectivity index (χ1n) is 6.29. The van der Waals surface area contributed by atoms with Gasteiger partial charge in [-0.3, -0.25) is 14.9 Å². The number of hydrogen-bond donors (Lipinski definition) is 2. The van der Waals surface area contributed by atoms with Crippen LogP contribution < -0.4 is 11.1 Å². The average molecular weight is 354 g/mol. The predicted octanol–water partition coefficient (Wildman–Crippen LogP) is 1.99.